The van der Waals surface area contributed by atoms with Crippen LogP contribution in [0.4, 0.5) is 0 Å². The summed E-state index contributed by atoms with van der Waals surface area (Å²) in [6.45, 7) is 0. The molecule has 0 heterocycles. The molecule has 0 saturated carbocycles. The molecule has 1 rings (SSSR count). The Bertz CT molecular complexity index is 287. The molecule has 4 heteroatoms. The third kappa shape index (κ3) is 3.55. The Morgan fingerprint density at radius 2 is 2.07 bits per heavy atom. The van der Waals surface area contributed by atoms with Crippen molar-refractivity contribution < 1.29 is 10.0 Å². The molecule has 76 valence electrons. The quantitative estimate of drug-likeness (QED) is 0.481. The minimum atomic E-state index is -0.451. The molecule has 1 aromatic carbocycles. The number of nitrogens with two attached hydrogens (primary N) is 1. The molecule has 0 fully saturated rings. The summed E-state index contributed by atoms with van der Waals surface area (Å²) in [5.74, 6) is -0.451. The third-order valence-corrected chi connectivity index (χ3v) is 1.91. The Morgan fingerprint density at radius 3 is 2.64 bits per heavy atom. The summed E-state index contributed by atoms with van der Waals surface area (Å²) in [5.41, 5.74) is 8.36. The van der Waals surface area contributed by atoms with Crippen LogP contribution in [-0.4, -0.2) is 17.2 Å². The van der Waals surface area contributed by atoms with E-state index < -0.39 is 5.91 Å². The minimum absolute atomic E-state index is 0.130. The molecule has 0 aliphatic heterocycles. The van der Waals surface area contributed by atoms with Crippen molar-refractivity contribution in [3.8, 4) is 0 Å². The number of rotatable bonds is 4. The Hall–Kier alpha value is -1.39. The van der Waals surface area contributed by atoms with E-state index in [1.54, 1.807) is 5.48 Å². The molecular formula is C10H14N2O2. The highest BCUT2D eigenvalue weighted by Gasteiger charge is 2.08. The predicted molar refractivity (Wildman–Crippen MR) is 52.7 cm³/mol. The second kappa shape index (κ2) is 5.36. The number of hydroxylamine groups is 1. The monoisotopic (exact) mass is 194 g/mol. The van der Waals surface area contributed by atoms with Gasteiger partial charge in [-0.3, -0.25) is 10.0 Å². The molecule has 0 aromatic heterocycles. The van der Waals surface area contributed by atoms with E-state index in [-0.39, 0.29) is 12.5 Å². The van der Waals surface area contributed by atoms with E-state index >= 15 is 0 Å². The molecule has 4 N–H and O–H groups in total. The maximum Gasteiger partial charge on any atom is 0.244 e. The Labute approximate surface area is 82.7 Å². The zero-order valence-corrected chi connectivity index (χ0v) is 7.81. The summed E-state index contributed by atoms with van der Waals surface area (Å²) in [6.07, 6.45) is 0.764. The van der Waals surface area contributed by atoms with Crippen LogP contribution in [0.2, 0.25) is 0 Å². The second-order valence-corrected chi connectivity index (χ2v) is 3.19. The first-order valence-corrected chi connectivity index (χ1v) is 4.45. The summed E-state index contributed by atoms with van der Waals surface area (Å²) < 4.78 is 0. The van der Waals surface area contributed by atoms with Gasteiger partial charge in [-0.25, -0.2) is 5.48 Å². The Morgan fingerprint density at radius 1 is 1.43 bits per heavy atom. The standard InChI is InChI=1S/C10H14N2O2/c11-9(7-10(13)12-14)6-8-4-2-1-3-5-8/h1-5,9,14H,6-7,11H2,(H,12,13)/t9-/m0/s1. The topological polar surface area (TPSA) is 75.4 Å². The zero-order valence-electron chi connectivity index (χ0n) is 7.81. The van der Waals surface area contributed by atoms with E-state index in [2.05, 4.69) is 0 Å². The van der Waals surface area contributed by atoms with Crippen LogP contribution in [0.1, 0.15) is 12.0 Å². The van der Waals surface area contributed by atoms with Gasteiger partial charge in [0.25, 0.3) is 0 Å². The first-order chi connectivity index (χ1) is 6.72. The molecule has 0 radical (unpaired) electrons. The van der Waals surface area contributed by atoms with Gasteiger partial charge in [0.2, 0.25) is 5.91 Å². The van der Waals surface area contributed by atoms with Gasteiger partial charge in [-0.15, -0.1) is 0 Å². The lowest BCUT2D eigenvalue weighted by atomic mass is 10.0. The number of hydrogen-bond donors (Lipinski definition) is 3. The van der Waals surface area contributed by atoms with Gasteiger partial charge in [-0.1, -0.05) is 30.3 Å². The average Bonchev–Trinajstić information content (AvgIpc) is 2.19. The number of carbonyl (C=O) groups is 1. The van der Waals surface area contributed by atoms with Crippen molar-refractivity contribution in [3.05, 3.63) is 35.9 Å². The lowest BCUT2D eigenvalue weighted by molar-refractivity contribution is -0.129. The van der Waals surface area contributed by atoms with Crippen LogP contribution in [0.25, 0.3) is 0 Å². The molecule has 0 saturated heterocycles. The maximum atomic E-state index is 10.8. The van der Waals surface area contributed by atoms with Crippen LogP contribution in [-0.2, 0) is 11.2 Å². The number of carbonyl (C=O) groups excluding carboxylic acids is 1. The van der Waals surface area contributed by atoms with Gasteiger partial charge in [0, 0.05) is 12.5 Å². The molecule has 14 heavy (non-hydrogen) atoms. The first kappa shape index (κ1) is 10.7. The van der Waals surface area contributed by atoms with E-state index in [1.807, 2.05) is 30.3 Å². The molecule has 0 aliphatic carbocycles. The Kier molecular flexibility index (Phi) is 4.10. The SMILES string of the molecule is N[C@H](CC(=O)NO)Cc1ccccc1. The molecule has 1 atom stereocenters. The van der Waals surface area contributed by atoms with Crippen molar-refractivity contribution in [1.29, 1.82) is 0 Å². The van der Waals surface area contributed by atoms with E-state index in [9.17, 15) is 4.79 Å². The fraction of sp³-hybridized carbons (Fsp3) is 0.300. The van der Waals surface area contributed by atoms with Crippen LogP contribution >= 0.6 is 0 Å². The number of nitrogens with one attached hydrogen (secondary N) is 1. The fourth-order valence-corrected chi connectivity index (χ4v) is 1.27. The smallest absolute Gasteiger partial charge is 0.244 e. The van der Waals surface area contributed by atoms with Crippen molar-refractivity contribution in [2.24, 2.45) is 5.73 Å². The summed E-state index contributed by atoms with van der Waals surface area (Å²) in [5, 5.41) is 8.29. The molecule has 0 aliphatic rings. The Balaban J connectivity index is 2.41. The molecule has 0 unspecified atom stereocenters. The summed E-state index contributed by atoms with van der Waals surface area (Å²) in [7, 11) is 0. The lowest BCUT2D eigenvalue weighted by Gasteiger charge is -2.09. The van der Waals surface area contributed by atoms with Crippen LogP contribution in [0, 0.1) is 0 Å². The molecule has 4 nitrogen and oxygen atoms in total. The number of hydrogen-bond acceptors (Lipinski definition) is 3. The van der Waals surface area contributed by atoms with Crippen molar-refractivity contribution in [3.63, 3.8) is 0 Å². The molecule has 1 aromatic rings. The van der Waals surface area contributed by atoms with Crippen LogP contribution in [0.3, 0.4) is 0 Å². The van der Waals surface area contributed by atoms with Crippen molar-refractivity contribution in [2.45, 2.75) is 18.9 Å². The molecule has 0 spiro atoms. The highest BCUT2D eigenvalue weighted by Crippen LogP contribution is 2.03. The predicted octanol–water partition coefficient (Wildman–Crippen LogP) is 0.452. The molecule has 0 bridgehead atoms. The zero-order chi connectivity index (χ0) is 10.4. The summed E-state index contributed by atoms with van der Waals surface area (Å²) >= 11 is 0. The molecular weight excluding hydrogens is 180 g/mol. The highest BCUT2D eigenvalue weighted by molar-refractivity contribution is 5.75. The van der Waals surface area contributed by atoms with E-state index in [0.29, 0.717) is 6.42 Å². The maximum absolute atomic E-state index is 10.8. The van der Waals surface area contributed by atoms with Crippen LogP contribution in [0.15, 0.2) is 30.3 Å². The van der Waals surface area contributed by atoms with Gasteiger partial charge in [0.15, 0.2) is 0 Å². The normalized spacial score (nSPS) is 12.1. The van der Waals surface area contributed by atoms with Crippen molar-refractivity contribution >= 4 is 5.91 Å². The highest BCUT2D eigenvalue weighted by atomic mass is 16.5. The van der Waals surface area contributed by atoms with E-state index in [4.69, 9.17) is 10.9 Å². The van der Waals surface area contributed by atoms with Gasteiger partial charge >= 0.3 is 0 Å². The van der Waals surface area contributed by atoms with Gasteiger partial charge in [-0.2, -0.15) is 0 Å². The minimum Gasteiger partial charge on any atom is -0.327 e. The molecule has 1 amide bonds. The second-order valence-electron chi connectivity index (χ2n) is 3.19. The average molecular weight is 194 g/mol. The largest absolute Gasteiger partial charge is 0.327 e. The van der Waals surface area contributed by atoms with Gasteiger partial charge < -0.3 is 5.73 Å². The van der Waals surface area contributed by atoms with Crippen molar-refractivity contribution in [1.82, 2.24) is 5.48 Å². The number of amides is 1. The first-order valence-electron chi connectivity index (χ1n) is 4.45. The van der Waals surface area contributed by atoms with Gasteiger partial charge in [0.05, 0.1) is 0 Å². The lowest BCUT2D eigenvalue weighted by Crippen LogP contribution is -2.31. The van der Waals surface area contributed by atoms with Crippen LogP contribution in [0.5, 0.6) is 0 Å². The van der Waals surface area contributed by atoms with Gasteiger partial charge in [0.1, 0.15) is 0 Å². The van der Waals surface area contributed by atoms with Gasteiger partial charge in [-0.05, 0) is 12.0 Å². The third-order valence-electron chi connectivity index (χ3n) is 1.91. The van der Waals surface area contributed by atoms with E-state index in [1.165, 1.54) is 0 Å². The summed E-state index contributed by atoms with van der Waals surface area (Å²) in [6, 6.07) is 9.43. The van der Waals surface area contributed by atoms with E-state index in [0.717, 1.165) is 5.56 Å². The fourth-order valence-electron chi connectivity index (χ4n) is 1.27. The van der Waals surface area contributed by atoms with Crippen LogP contribution < -0.4 is 11.2 Å². The van der Waals surface area contributed by atoms with Crippen molar-refractivity contribution in [2.75, 3.05) is 0 Å². The number of benzene rings is 1. The summed E-state index contributed by atoms with van der Waals surface area (Å²) in [4.78, 5) is 10.8.